The molecule has 1 aromatic heterocycles. The molecule has 100 valence electrons. The normalized spacial score (nSPS) is 10.5. The summed E-state index contributed by atoms with van der Waals surface area (Å²) in [5.74, 6) is 0.972. The van der Waals surface area contributed by atoms with Crippen LogP contribution in [0.15, 0.2) is 36.5 Å². The van der Waals surface area contributed by atoms with Gasteiger partial charge in [0, 0.05) is 13.6 Å². The number of pyridine rings is 1. The van der Waals surface area contributed by atoms with Crippen molar-refractivity contribution < 1.29 is 0 Å². The Hall–Kier alpha value is -2.03. The van der Waals surface area contributed by atoms with Gasteiger partial charge in [-0.3, -0.25) is 0 Å². The van der Waals surface area contributed by atoms with E-state index < -0.39 is 0 Å². The zero-order valence-corrected chi connectivity index (χ0v) is 11.9. The lowest BCUT2D eigenvalue weighted by Crippen LogP contribution is -2.21. The van der Waals surface area contributed by atoms with Crippen molar-refractivity contribution >= 4 is 11.5 Å². The third-order valence-corrected chi connectivity index (χ3v) is 3.51. The Labute approximate surface area is 115 Å². The van der Waals surface area contributed by atoms with Crippen LogP contribution < -0.4 is 10.6 Å². The summed E-state index contributed by atoms with van der Waals surface area (Å²) >= 11 is 0. The number of hydrogen-bond donors (Lipinski definition) is 1. The van der Waals surface area contributed by atoms with Gasteiger partial charge >= 0.3 is 0 Å². The van der Waals surface area contributed by atoms with E-state index in [9.17, 15) is 0 Å². The zero-order valence-electron chi connectivity index (χ0n) is 11.9. The summed E-state index contributed by atoms with van der Waals surface area (Å²) in [4.78, 5) is 6.54. The highest BCUT2D eigenvalue weighted by molar-refractivity contribution is 5.51. The standard InChI is InChI=1S/C16H21N3/c1-12-6-4-5-7-14(12)8-9-19(3)16-10-13(2)15(17)11-18-16/h4-7,10-11H,8-9,17H2,1-3H3. The van der Waals surface area contributed by atoms with E-state index in [-0.39, 0.29) is 0 Å². The number of likely N-dealkylation sites (N-methyl/N-ethyl adjacent to an activating group) is 1. The highest BCUT2D eigenvalue weighted by Crippen LogP contribution is 2.17. The van der Waals surface area contributed by atoms with Gasteiger partial charge < -0.3 is 10.6 Å². The van der Waals surface area contributed by atoms with Crippen LogP contribution in [0.3, 0.4) is 0 Å². The summed E-state index contributed by atoms with van der Waals surface area (Å²) < 4.78 is 0. The van der Waals surface area contributed by atoms with Crippen LogP contribution in [0.1, 0.15) is 16.7 Å². The maximum atomic E-state index is 5.79. The molecule has 0 saturated carbocycles. The number of nitrogen functional groups attached to an aromatic ring is 1. The van der Waals surface area contributed by atoms with Crippen LogP contribution in [0.4, 0.5) is 11.5 Å². The Kier molecular flexibility index (Phi) is 4.05. The van der Waals surface area contributed by atoms with Crippen LogP contribution in [-0.2, 0) is 6.42 Å². The van der Waals surface area contributed by atoms with Gasteiger partial charge in [0.15, 0.2) is 0 Å². The molecule has 0 unspecified atom stereocenters. The van der Waals surface area contributed by atoms with Gasteiger partial charge in [-0.05, 0) is 43.0 Å². The highest BCUT2D eigenvalue weighted by atomic mass is 15.2. The molecule has 0 amide bonds. The molecule has 0 aliphatic rings. The van der Waals surface area contributed by atoms with Crippen LogP contribution in [0.2, 0.25) is 0 Å². The SMILES string of the molecule is Cc1cc(N(C)CCc2ccccc2C)ncc1N. The van der Waals surface area contributed by atoms with Gasteiger partial charge in [0.05, 0.1) is 11.9 Å². The zero-order chi connectivity index (χ0) is 13.8. The van der Waals surface area contributed by atoms with Gasteiger partial charge in [-0.2, -0.15) is 0 Å². The summed E-state index contributed by atoms with van der Waals surface area (Å²) in [6.45, 7) is 5.11. The fourth-order valence-corrected chi connectivity index (χ4v) is 2.05. The lowest BCUT2D eigenvalue weighted by Gasteiger charge is -2.19. The lowest BCUT2D eigenvalue weighted by molar-refractivity contribution is 0.855. The third kappa shape index (κ3) is 3.25. The largest absolute Gasteiger partial charge is 0.397 e. The summed E-state index contributed by atoms with van der Waals surface area (Å²) in [5.41, 5.74) is 10.4. The fourth-order valence-electron chi connectivity index (χ4n) is 2.05. The fraction of sp³-hybridized carbons (Fsp3) is 0.312. The Bertz CT molecular complexity index is 564. The number of aryl methyl sites for hydroxylation is 2. The Balaban J connectivity index is 2.03. The molecule has 3 nitrogen and oxygen atoms in total. The minimum atomic E-state index is 0.746. The van der Waals surface area contributed by atoms with Gasteiger partial charge in [0.2, 0.25) is 0 Å². The van der Waals surface area contributed by atoms with Crippen LogP contribution >= 0.6 is 0 Å². The molecule has 1 aromatic carbocycles. The maximum Gasteiger partial charge on any atom is 0.128 e. The van der Waals surface area contributed by atoms with E-state index in [2.05, 4.69) is 48.1 Å². The number of aromatic nitrogens is 1. The number of nitrogens with zero attached hydrogens (tertiary/aromatic N) is 2. The number of nitrogens with two attached hydrogens (primary N) is 1. The molecular formula is C16H21N3. The van der Waals surface area contributed by atoms with E-state index in [4.69, 9.17) is 5.73 Å². The molecule has 0 spiro atoms. The van der Waals surface area contributed by atoms with Gasteiger partial charge in [0.1, 0.15) is 5.82 Å². The van der Waals surface area contributed by atoms with Crippen molar-refractivity contribution in [2.45, 2.75) is 20.3 Å². The average molecular weight is 255 g/mol. The quantitative estimate of drug-likeness (QED) is 0.913. The molecular weight excluding hydrogens is 234 g/mol. The van der Waals surface area contributed by atoms with Gasteiger partial charge in [-0.15, -0.1) is 0 Å². The number of rotatable bonds is 4. The first-order chi connectivity index (χ1) is 9.08. The Morgan fingerprint density at radius 1 is 1.16 bits per heavy atom. The van der Waals surface area contributed by atoms with E-state index >= 15 is 0 Å². The van der Waals surface area contributed by atoms with Crippen molar-refractivity contribution in [3.05, 3.63) is 53.2 Å². The van der Waals surface area contributed by atoms with E-state index in [1.165, 1.54) is 11.1 Å². The minimum absolute atomic E-state index is 0.746. The third-order valence-electron chi connectivity index (χ3n) is 3.51. The average Bonchev–Trinajstić information content (AvgIpc) is 2.40. The van der Waals surface area contributed by atoms with Crippen LogP contribution in [0.5, 0.6) is 0 Å². The van der Waals surface area contributed by atoms with E-state index in [0.29, 0.717) is 0 Å². The van der Waals surface area contributed by atoms with Crippen molar-refractivity contribution in [2.24, 2.45) is 0 Å². The molecule has 2 rings (SSSR count). The second-order valence-electron chi connectivity index (χ2n) is 5.00. The predicted octanol–water partition coefficient (Wildman–Crippen LogP) is 2.96. The molecule has 0 radical (unpaired) electrons. The van der Waals surface area contributed by atoms with Crippen molar-refractivity contribution in [2.75, 3.05) is 24.2 Å². The number of hydrogen-bond acceptors (Lipinski definition) is 3. The molecule has 3 heteroatoms. The summed E-state index contributed by atoms with van der Waals surface area (Å²) in [6.07, 6.45) is 2.75. The summed E-state index contributed by atoms with van der Waals surface area (Å²) in [6, 6.07) is 10.5. The molecule has 2 aromatic rings. The Morgan fingerprint density at radius 3 is 2.58 bits per heavy atom. The second kappa shape index (κ2) is 5.74. The van der Waals surface area contributed by atoms with Gasteiger partial charge in [-0.25, -0.2) is 4.98 Å². The second-order valence-corrected chi connectivity index (χ2v) is 5.00. The molecule has 0 fully saturated rings. The molecule has 2 N–H and O–H groups in total. The minimum Gasteiger partial charge on any atom is -0.397 e. The molecule has 1 heterocycles. The molecule has 19 heavy (non-hydrogen) atoms. The first-order valence-electron chi connectivity index (χ1n) is 6.55. The van der Waals surface area contributed by atoms with Crippen molar-refractivity contribution in [1.82, 2.24) is 4.98 Å². The molecule has 0 saturated heterocycles. The molecule has 0 aliphatic heterocycles. The van der Waals surface area contributed by atoms with Crippen molar-refractivity contribution in [1.29, 1.82) is 0 Å². The van der Waals surface area contributed by atoms with E-state index in [1.807, 2.05) is 13.0 Å². The maximum absolute atomic E-state index is 5.79. The van der Waals surface area contributed by atoms with Crippen LogP contribution in [0.25, 0.3) is 0 Å². The summed E-state index contributed by atoms with van der Waals surface area (Å²) in [5, 5.41) is 0. The van der Waals surface area contributed by atoms with Crippen molar-refractivity contribution in [3.8, 4) is 0 Å². The lowest BCUT2D eigenvalue weighted by atomic mass is 10.1. The summed E-state index contributed by atoms with van der Waals surface area (Å²) in [7, 11) is 2.07. The van der Waals surface area contributed by atoms with Crippen LogP contribution in [-0.4, -0.2) is 18.6 Å². The molecule has 0 aliphatic carbocycles. The van der Waals surface area contributed by atoms with Crippen molar-refractivity contribution in [3.63, 3.8) is 0 Å². The van der Waals surface area contributed by atoms with E-state index in [0.717, 1.165) is 30.0 Å². The van der Waals surface area contributed by atoms with Crippen LogP contribution in [0, 0.1) is 13.8 Å². The first-order valence-corrected chi connectivity index (χ1v) is 6.55. The predicted molar refractivity (Wildman–Crippen MR) is 81.5 cm³/mol. The Morgan fingerprint density at radius 2 is 1.89 bits per heavy atom. The van der Waals surface area contributed by atoms with Gasteiger partial charge in [0.25, 0.3) is 0 Å². The number of anilines is 2. The molecule has 0 atom stereocenters. The smallest absolute Gasteiger partial charge is 0.128 e. The highest BCUT2D eigenvalue weighted by Gasteiger charge is 2.05. The molecule has 0 bridgehead atoms. The first kappa shape index (κ1) is 13.4. The van der Waals surface area contributed by atoms with Gasteiger partial charge in [-0.1, -0.05) is 24.3 Å². The van der Waals surface area contributed by atoms with E-state index in [1.54, 1.807) is 6.20 Å². The monoisotopic (exact) mass is 255 g/mol. The topological polar surface area (TPSA) is 42.2 Å². The number of benzene rings is 1.